The van der Waals surface area contributed by atoms with Crippen LogP contribution in [0.4, 0.5) is 0 Å². The van der Waals surface area contributed by atoms with Gasteiger partial charge in [0.15, 0.2) is 0 Å². The van der Waals surface area contributed by atoms with Crippen LogP contribution in [0.5, 0.6) is 5.88 Å². The van der Waals surface area contributed by atoms with Crippen molar-refractivity contribution < 1.29 is 9.47 Å². The van der Waals surface area contributed by atoms with Gasteiger partial charge in [-0.05, 0) is 44.4 Å². The maximum Gasteiger partial charge on any atom is 0.218 e. The second-order valence-corrected chi connectivity index (χ2v) is 5.01. The molecule has 1 aromatic heterocycles. The fraction of sp³-hybridized carbons (Fsp3) is 0.667. The van der Waals surface area contributed by atoms with Crippen LogP contribution < -0.4 is 10.1 Å². The van der Waals surface area contributed by atoms with Crippen molar-refractivity contribution in [2.75, 3.05) is 13.7 Å². The summed E-state index contributed by atoms with van der Waals surface area (Å²) < 4.78 is 11.2. The summed E-state index contributed by atoms with van der Waals surface area (Å²) in [6, 6.07) is 4.61. The third-order valence-electron chi connectivity index (χ3n) is 3.68. The minimum absolute atomic E-state index is 0.375. The zero-order valence-electron chi connectivity index (χ0n) is 11.9. The van der Waals surface area contributed by atoms with Gasteiger partial charge in [0.05, 0.1) is 19.8 Å². The molecular weight excluding hydrogens is 240 g/mol. The van der Waals surface area contributed by atoms with E-state index in [2.05, 4.69) is 17.2 Å². The number of rotatable bonds is 6. The minimum atomic E-state index is 0.375. The topological polar surface area (TPSA) is 43.4 Å². The van der Waals surface area contributed by atoms with E-state index in [0.29, 0.717) is 24.6 Å². The number of hydrogen-bond acceptors (Lipinski definition) is 4. The Morgan fingerprint density at radius 3 is 2.79 bits per heavy atom. The van der Waals surface area contributed by atoms with Crippen molar-refractivity contribution in [2.24, 2.45) is 0 Å². The van der Waals surface area contributed by atoms with E-state index >= 15 is 0 Å². The van der Waals surface area contributed by atoms with Gasteiger partial charge in [-0.15, -0.1) is 0 Å². The van der Waals surface area contributed by atoms with Crippen molar-refractivity contribution in [1.29, 1.82) is 0 Å². The van der Waals surface area contributed by atoms with Crippen LogP contribution in [-0.4, -0.2) is 30.8 Å². The van der Waals surface area contributed by atoms with Crippen LogP contribution in [-0.2, 0) is 11.3 Å². The quantitative estimate of drug-likeness (QED) is 0.857. The lowest BCUT2D eigenvalue weighted by molar-refractivity contribution is 0.0105. The van der Waals surface area contributed by atoms with E-state index in [-0.39, 0.29) is 0 Å². The van der Waals surface area contributed by atoms with E-state index in [4.69, 9.17) is 9.47 Å². The van der Waals surface area contributed by atoms with Crippen LogP contribution in [0, 0.1) is 0 Å². The van der Waals surface area contributed by atoms with Crippen LogP contribution in [0.25, 0.3) is 0 Å². The number of nitrogens with zero attached hydrogens (tertiary/aromatic N) is 1. The summed E-state index contributed by atoms with van der Waals surface area (Å²) in [7, 11) is 1.65. The van der Waals surface area contributed by atoms with Gasteiger partial charge >= 0.3 is 0 Å². The van der Waals surface area contributed by atoms with Gasteiger partial charge in [-0.3, -0.25) is 0 Å². The van der Waals surface area contributed by atoms with E-state index in [9.17, 15) is 0 Å². The van der Waals surface area contributed by atoms with Gasteiger partial charge in [0, 0.05) is 17.8 Å². The first-order chi connectivity index (χ1) is 9.33. The highest BCUT2D eigenvalue weighted by atomic mass is 16.5. The van der Waals surface area contributed by atoms with Crippen LogP contribution in [0.2, 0.25) is 0 Å². The van der Waals surface area contributed by atoms with Crippen LogP contribution in [0.3, 0.4) is 0 Å². The van der Waals surface area contributed by atoms with E-state index in [1.165, 1.54) is 12.8 Å². The second kappa shape index (κ2) is 7.46. The molecule has 0 aromatic carbocycles. The van der Waals surface area contributed by atoms with Crippen molar-refractivity contribution in [3.63, 3.8) is 0 Å². The Morgan fingerprint density at radius 2 is 2.11 bits per heavy atom. The Balaban J connectivity index is 1.77. The summed E-state index contributed by atoms with van der Waals surface area (Å²) >= 11 is 0. The largest absolute Gasteiger partial charge is 0.481 e. The molecular formula is C15H24N2O2. The van der Waals surface area contributed by atoms with Crippen molar-refractivity contribution in [3.8, 4) is 5.88 Å². The van der Waals surface area contributed by atoms with Crippen LogP contribution >= 0.6 is 0 Å². The first-order valence-corrected chi connectivity index (χ1v) is 7.16. The molecule has 0 unspecified atom stereocenters. The molecule has 1 saturated carbocycles. The van der Waals surface area contributed by atoms with Gasteiger partial charge in [0.25, 0.3) is 0 Å². The maximum atomic E-state index is 5.99. The lowest BCUT2D eigenvalue weighted by atomic mass is 9.93. The summed E-state index contributed by atoms with van der Waals surface area (Å²) in [6.45, 7) is 3.81. The smallest absolute Gasteiger partial charge is 0.218 e. The standard InChI is InChI=1S/C15H24N2O2/c1-3-16-13-6-8-14(9-7-13)19-11-12-5-4-10-17-15(12)18-2/h4-5,10,13-14,16H,3,6-9,11H2,1-2H3. The van der Waals surface area contributed by atoms with Gasteiger partial charge in [0.2, 0.25) is 5.88 Å². The Labute approximate surface area is 115 Å². The molecule has 4 nitrogen and oxygen atoms in total. The van der Waals surface area contributed by atoms with E-state index in [1.54, 1.807) is 13.3 Å². The Kier molecular flexibility index (Phi) is 5.61. The molecule has 0 bridgehead atoms. The molecule has 0 spiro atoms. The van der Waals surface area contributed by atoms with E-state index in [0.717, 1.165) is 24.9 Å². The fourth-order valence-corrected chi connectivity index (χ4v) is 2.65. The summed E-state index contributed by atoms with van der Waals surface area (Å²) in [5, 5.41) is 3.51. The average molecular weight is 264 g/mol. The zero-order chi connectivity index (χ0) is 13.5. The number of hydrogen-bond donors (Lipinski definition) is 1. The molecule has 2 rings (SSSR count). The lowest BCUT2D eigenvalue weighted by Crippen LogP contribution is -2.35. The van der Waals surface area contributed by atoms with Crippen molar-refractivity contribution in [2.45, 2.75) is 51.4 Å². The SMILES string of the molecule is CCNC1CCC(OCc2cccnc2OC)CC1. The van der Waals surface area contributed by atoms with Crippen molar-refractivity contribution in [3.05, 3.63) is 23.9 Å². The summed E-state index contributed by atoms with van der Waals surface area (Å²) in [6.07, 6.45) is 6.82. The first kappa shape index (κ1) is 14.3. The number of aromatic nitrogens is 1. The summed E-state index contributed by atoms with van der Waals surface area (Å²) in [4.78, 5) is 4.19. The first-order valence-electron chi connectivity index (χ1n) is 7.16. The third-order valence-corrected chi connectivity index (χ3v) is 3.68. The molecule has 1 aliphatic carbocycles. The molecule has 106 valence electrons. The molecule has 1 aromatic rings. The average Bonchev–Trinajstić information content (AvgIpc) is 2.47. The highest BCUT2D eigenvalue weighted by molar-refractivity contribution is 5.24. The van der Waals surface area contributed by atoms with Gasteiger partial charge in [-0.25, -0.2) is 4.98 Å². The summed E-state index contributed by atoms with van der Waals surface area (Å²) in [5.41, 5.74) is 1.03. The molecule has 0 saturated heterocycles. The van der Waals surface area contributed by atoms with E-state index in [1.807, 2.05) is 12.1 Å². The molecule has 1 aliphatic rings. The Morgan fingerprint density at radius 1 is 1.32 bits per heavy atom. The fourth-order valence-electron chi connectivity index (χ4n) is 2.65. The Bertz CT molecular complexity index is 376. The normalized spacial score (nSPS) is 23.3. The molecule has 0 amide bonds. The number of methoxy groups -OCH3 is 1. The molecule has 19 heavy (non-hydrogen) atoms. The molecule has 1 N–H and O–H groups in total. The lowest BCUT2D eigenvalue weighted by Gasteiger charge is -2.29. The third kappa shape index (κ3) is 4.18. The predicted molar refractivity (Wildman–Crippen MR) is 75.3 cm³/mol. The molecule has 1 fully saturated rings. The van der Waals surface area contributed by atoms with Crippen LogP contribution in [0.1, 0.15) is 38.2 Å². The highest BCUT2D eigenvalue weighted by Gasteiger charge is 2.21. The maximum absolute atomic E-state index is 5.99. The van der Waals surface area contributed by atoms with Crippen LogP contribution in [0.15, 0.2) is 18.3 Å². The zero-order valence-corrected chi connectivity index (χ0v) is 11.9. The van der Waals surface area contributed by atoms with Crippen molar-refractivity contribution in [1.82, 2.24) is 10.3 Å². The van der Waals surface area contributed by atoms with Gasteiger partial charge in [-0.1, -0.05) is 6.92 Å². The van der Waals surface area contributed by atoms with Gasteiger partial charge < -0.3 is 14.8 Å². The Hall–Kier alpha value is -1.13. The molecule has 0 atom stereocenters. The molecule has 0 aliphatic heterocycles. The minimum Gasteiger partial charge on any atom is -0.481 e. The summed E-state index contributed by atoms with van der Waals surface area (Å²) in [5.74, 6) is 0.670. The van der Waals surface area contributed by atoms with E-state index < -0.39 is 0 Å². The molecule has 4 heteroatoms. The van der Waals surface area contributed by atoms with Gasteiger partial charge in [0.1, 0.15) is 0 Å². The number of nitrogens with one attached hydrogen (secondary N) is 1. The second-order valence-electron chi connectivity index (χ2n) is 5.01. The highest BCUT2D eigenvalue weighted by Crippen LogP contribution is 2.23. The number of ether oxygens (including phenoxy) is 2. The monoisotopic (exact) mass is 264 g/mol. The molecule has 1 heterocycles. The van der Waals surface area contributed by atoms with Crippen molar-refractivity contribution >= 4 is 0 Å². The predicted octanol–water partition coefficient (Wildman–Crippen LogP) is 2.53. The number of pyridine rings is 1. The molecule has 0 radical (unpaired) electrons. The van der Waals surface area contributed by atoms with Gasteiger partial charge in [-0.2, -0.15) is 0 Å².